The molecular formula is C17H26N2O3. The number of rotatable bonds is 3. The molecule has 1 aromatic carbocycles. The Kier molecular flexibility index (Phi) is 4.84. The summed E-state index contributed by atoms with van der Waals surface area (Å²) in [6, 6.07) is 6.28. The fourth-order valence-corrected chi connectivity index (χ4v) is 2.51. The van der Waals surface area contributed by atoms with Crippen molar-refractivity contribution in [3.05, 3.63) is 23.8 Å². The molecule has 1 heterocycles. The zero-order valence-corrected chi connectivity index (χ0v) is 14.1. The van der Waals surface area contributed by atoms with E-state index in [9.17, 15) is 4.79 Å². The van der Waals surface area contributed by atoms with Crippen LogP contribution in [0.2, 0.25) is 0 Å². The predicted molar refractivity (Wildman–Crippen MR) is 87.6 cm³/mol. The monoisotopic (exact) mass is 306 g/mol. The molecule has 0 radical (unpaired) electrons. The van der Waals surface area contributed by atoms with Gasteiger partial charge in [0.1, 0.15) is 11.4 Å². The van der Waals surface area contributed by atoms with Crippen molar-refractivity contribution in [2.24, 2.45) is 0 Å². The molecule has 1 aliphatic rings. The largest absolute Gasteiger partial charge is 0.495 e. The SMILES string of the molecule is COc1cc(C)ccc1NC1CCN(C(=O)OC(C)(C)C)C1. The fraction of sp³-hybridized carbons (Fsp3) is 0.588. The van der Waals surface area contributed by atoms with Gasteiger partial charge >= 0.3 is 6.09 Å². The van der Waals surface area contributed by atoms with Crippen LogP contribution < -0.4 is 10.1 Å². The number of hydrogen-bond acceptors (Lipinski definition) is 4. The molecule has 1 saturated heterocycles. The lowest BCUT2D eigenvalue weighted by molar-refractivity contribution is 0.0293. The first-order valence-electron chi connectivity index (χ1n) is 7.67. The number of amides is 1. The normalized spacial score (nSPS) is 18.2. The van der Waals surface area contributed by atoms with Crippen LogP contribution in [0.15, 0.2) is 18.2 Å². The quantitative estimate of drug-likeness (QED) is 0.929. The summed E-state index contributed by atoms with van der Waals surface area (Å²) in [5, 5.41) is 3.46. The number of carbonyl (C=O) groups excluding carboxylic acids is 1. The number of carbonyl (C=O) groups is 1. The highest BCUT2D eigenvalue weighted by Crippen LogP contribution is 2.27. The smallest absolute Gasteiger partial charge is 0.410 e. The Hall–Kier alpha value is -1.91. The number of ether oxygens (including phenoxy) is 2. The van der Waals surface area contributed by atoms with Crippen LogP contribution in [0.5, 0.6) is 5.75 Å². The van der Waals surface area contributed by atoms with Crippen molar-refractivity contribution in [2.75, 3.05) is 25.5 Å². The standard InChI is InChI=1S/C17H26N2O3/c1-12-6-7-14(15(10-12)21-5)18-13-8-9-19(11-13)16(20)22-17(2,3)4/h6-7,10,13,18H,8-9,11H2,1-5H3. The second-order valence-corrected chi connectivity index (χ2v) is 6.76. The Morgan fingerprint density at radius 1 is 1.36 bits per heavy atom. The Labute approximate surface area is 132 Å². The van der Waals surface area contributed by atoms with Crippen LogP contribution in [0.1, 0.15) is 32.8 Å². The van der Waals surface area contributed by atoms with Crippen LogP contribution in [0.25, 0.3) is 0 Å². The molecule has 1 aliphatic heterocycles. The zero-order valence-electron chi connectivity index (χ0n) is 14.1. The van der Waals surface area contributed by atoms with Gasteiger partial charge in [-0.1, -0.05) is 6.07 Å². The van der Waals surface area contributed by atoms with E-state index in [1.54, 1.807) is 12.0 Å². The van der Waals surface area contributed by atoms with Crippen molar-refractivity contribution < 1.29 is 14.3 Å². The van der Waals surface area contributed by atoms with Crippen molar-refractivity contribution in [3.8, 4) is 5.75 Å². The highest BCUT2D eigenvalue weighted by Gasteiger charge is 2.30. The number of nitrogens with one attached hydrogen (secondary N) is 1. The van der Waals surface area contributed by atoms with Gasteiger partial charge in [-0.15, -0.1) is 0 Å². The maximum atomic E-state index is 12.1. The predicted octanol–water partition coefficient (Wildman–Crippen LogP) is 3.42. The van der Waals surface area contributed by atoms with Gasteiger partial charge in [-0.05, 0) is 51.8 Å². The summed E-state index contributed by atoms with van der Waals surface area (Å²) in [6.07, 6.45) is 0.656. The van der Waals surface area contributed by atoms with E-state index in [1.807, 2.05) is 45.9 Å². The van der Waals surface area contributed by atoms with E-state index < -0.39 is 5.60 Å². The van der Waals surface area contributed by atoms with E-state index in [-0.39, 0.29) is 12.1 Å². The number of benzene rings is 1. The molecule has 1 aromatic rings. The average molecular weight is 306 g/mol. The summed E-state index contributed by atoms with van der Waals surface area (Å²) in [7, 11) is 1.67. The Morgan fingerprint density at radius 2 is 2.09 bits per heavy atom. The third-order valence-corrected chi connectivity index (χ3v) is 3.56. The summed E-state index contributed by atoms with van der Waals surface area (Å²) in [6.45, 7) is 9.04. The summed E-state index contributed by atoms with van der Waals surface area (Å²) in [5.41, 5.74) is 1.66. The lowest BCUT2D eigenvalue weighted by Crippen LogP contribution is -2.36. The number of anilines is 1. The van der Waals surface area contributed by atoms with Crippen molar-refractivity contribution in [1.82, 2.24) is 4.90 Å². The highest BCUT2D eigenvalue weighted by atomic mass is 16.6. The van der Waals surface area contributed by atoms with Gasteiger partial charge in [-0.3, -0.25) is 0 Å². The minimum absolute atomic E-state index is 0.212. The molecule has 5 heteroatoms. The molecule has 2 rings (SSSR count). The number of nitrogens with zero attached hydrogens (tertiary/aromatic N) is 1. The summed E-state index contributed by atoms with van der Waals surface area (Å²) in [4.78, 5) is 13.8. The molecule has 122 valence electrons. The topological polar surface area (TPSA) is 50.8 Å². The molecule has 5 nitrogen and oxygen atoms in total. The van der Waals surface area contributed by atoms with Gasteiger partial charge in [0.05, 0.1) is 12.8 Å². The van der Waals surface area contributed by atoms with Crippen LogP contribution in [0, 0.1) is 6.92 Å². The third kappa shape index (κ3) is 4.29. The lowest BCUT2D eigenvalue weighted by atomic mass is 10.2. The molecule has 0 aromatic heterocycles. The van der Waals surface area contributed by atoms with E-state index in [2.05, 4.69) is 5.32 Å². The summed E-state index contributed by atoms with van der Waals surface area (Å²) < 4.78 is 10.8. The van der Waals surface area contributed by atoms with E-state index in [1.165, 1.54) is 0 Å². The average Bonchev–Trinajstić information content (AvgIpc) is 2.87. The van der Waals surface area contributed by atoms with Gasteiger partial charge in [-0.25, -0.2) is 4.79 Å². The Morgan fingerprint density at radius 3 is 2.73 bits per heavy atom. The van der Waals surface area contributed by atoms with Gasteiger partial charge in [0.2, 0.25) is 0 Å². The minimum atomic E-state index is -0.456. The van der Waals surface area contributed by atoms with Crippen LogP contribution in [0.3, 0.4) is 0 Å². The number of hydrogen-bond donors (Lipinski definition) is 1. The molecule has 0 aliphatic carbocycles. The number of likely N-dealkylation sites (tertiary alicyclic amines) is 1. The molecule has 1 fully saturated rings. The van der Waals surface area contributed by atoms with Crippen LogP contribution >= 0.6 is 0 Å². The van der Waals surface area contributed by atoms with Crippen LogP contribution in [-0.4, -0.2) is 42.8 Å². The first-order chi connectivity index (χ1) is 10.3. The van der Waals surface area contributed by atoms with E-state index in [0.717, 1.165) is 23.4 Å². The van der Waals surface area contributed by atoms with Gasteiger partial charge in [0.15, 0.2) is 0 Å². The number of methoxy groups -OCH3 is 1. The van der Waals surface area contributed by atoms with Crippen molar-refractivity contribution in [2.45, 2.75) is 45.8 Å². The lowest BCUT2D eigenvalue weighted by Gasteiger charge is -2.24. The number of aryl methyl sites for hydroxylation is 1. The van der Waals surface area contributed by atoms with Crippen LogP contribution in [-0.2, 0) is 4.74 Å². The highest BCUT2D eigenvalue weighted by molar-refractivity contribution is 5.69. The van der Waals surface area contributed by atoms with Gasteiger partial charge in [0, 0.05) is 19.1 Å². The summed E-state index contributed by atoms with van der Waals surface area (Å²) in [5.74, 6) is 0.829. The van der Waals surface area contributed by atoms with E-state index in [4.69, 9.17) is 9.47 Å². The van der Waals surface area contributed by atoms with E-state index >= 15 is 0 Å². The molecule has 0 spiro atoms. The van der Waals surface area contributed by atoms with Gasteiger partial charge in [0.25, 0.3) is 0 Å². The van der Waals surface area contributed by atoms with Gasteiger partial charge in [-0.2, -0.15) is 0 Å². The minimum Gasteiger partial charge on any atom is -0.495 e. The maximum Gasteiger partial charge on any atom is 0.410 e. The Balaban J connectivity index is 1.95. The second-order valence-electron chi connectivity index (χ2n) is 6.76. The van der Waals surface area contributed by atoms with E-state index in [0.29, 0.717) is 13.1 Å². The van der Waals surface area contributed by atoms with Crippen molar-refractivity contribution >= 4 is 11.8 Å². The molecule has 1 atom stereocenters. The molecule has 22 heavy (non-hydrogen) atoms. The zero-order chi connectivity index (χ0) is 16.3. The molecule has 0 bridgehead atoms. The van der Waals surface area contributed by atoms with Gasteiger partial charge < -0.3 is 19.7 Å². The first-order valence-corrected chi connectivity index (χ1v) is 7.67. The van der Waals surface area contributed by atoms with Crippen molar-refractivity contribution in [3.63, 3.8) is 0 Å². The van der Waals surface area contributed by atoms with Crippen LogP contribution in [0.4, 0.5) is 10.5 Å². The fourth-order valence-electron chi connectivity index (χ4n) is 2.51. The second kappa shape index (κ2) is 6.46. The first kappa shape index (κ1) is 16.5. The third-order valence-electron chi connectivity index (χ3n) is 3.56. The molecule has 1 amide bonds. The summed E-state index contributed by atoms with van der Waals surface area (Å²) >= 11 is 0. The molecule has 1 N–H and O–H groups in total. The molecule has 0 saturated carbocycles. The molecule has 1 unspecified atom stereocenters. The Bertz CT molecular complexity index is 537. The maximum absolute atomic E-state index is 12.1. The van der Waals surface area contributed by atoms with Crippen molar-refractivity contribution in [1.29, 1.82) is 0 Å². The molecular weight excluding hydrogens is 280 g/mol.